The van der Waals surface area contributed by atoms with Gasteiger partial charge in [0.2, 0.25) is 0 Å². The van der Waals surface area contributed by atoms with Crippen LogP contribution in [0.5, 0.6) is 0 Å². The standard InChI is InChI=1S/C20H28N4O4Si/c1-15-12-23(14-22-15)18-8-7-17(19(27)21-9-10-25)24(20(18)28)13-16(26)6-5-11-29(2,3)4/h7-8,12,14,16,25-26H,6,9-10,13H2,1-4H3,(H,21,27)/t16-/m0/s1. The fourth-order valence-corrected chi connectivity index (χ4v) is 3.30. The molecule has 2 rings (SSSR count). The first-order chi connectivity index (χ1) is 13.6. The molecule has 3 N–H and O–H groups in total. The molecule has 0 unspecified atom stereocenters. The van der Waals surface area contributed by atoms with Gasteiger partial charge in [-0.1, -0.05) is 19.6 Å². The topological polar surface area (TPSA) is 109 Å². The van der Waals surface area contributed by atoms with Crippen LogP contribution in [0, 0.1) is 18.4 Å². The second-order valence-electron chi connectivity index (χ2n) is 7.83. The zero-order valence-corrected chi connectivity index (χ0v) is 18.3. The Kier molecular flexibility index (Phi) is 7.56. The van der Waals surface area contributed by atoms with Crippen molar-refractivity contribution in [1.29, 1.82) is 0 Å². The highest BCUT2D eigenvalue weighted by Crippen LogP contribution is 2.09. The first kappa shape index (κ1) is 22.6. The number of hydrogen-bond donors (Lipinski definition) is 3. The van der Waals surface area contributed by atoms with Gasteiger partial charge in [0, 0.05) is 19.2 Å². The third-order valence-electron chi connectivity index (χ3n) is 3.97. The summed E-state index contributed by atoms with van der Waals surface area (Å²) in [6.45, 7) is 7.93. The van der Waals surface area contributed by atoms with E-state index in [0.29, 0.717) is 5.69 Å². The summed E-state index contributed by atoms with van der Waals surface area (Å²) in [6, 6.07) is 3.07. The number of aryl methyl sites for hydroxylation is 1. The number of nitrogens with one attached hydrogen (secondary N) is 1. The Balaban J connectivity index is 2.40. The molecule has 2 aromatic heterocycles. The quantitative estimate of drug-likeness (QED) is 0.455. The normalized spacial score (nSPS) is 12.2. The summed E-state index contributed by atoms with van der Waals surface area (Å²) in [5, 5.41) is 21.9. The number of hydrogen-bond acceptors (Lipinski definition) is 5. The summed E-state index contributed by atoms with van der Waals surface area (Å²) in [5.41, 5.74) is 3.95. The van der Waals surface area contributed by atoms with E-state index in [1.54, 1.807) is 16.8 Å². The van der Waals surface area contributed by atoms with E-state index in [0.717, 1.165) is 5.69 Å². The average molecular weight is 417 g/mol. The number of aromatic nitrogens is 3. The van der Waals surface area contributed by atoms with Gasteiger partial charge >= 0.3 is 0 Å². The molecular weight excluding hydrogens is 388 g/mol. The molecule has 29 heavy (non-hydrogen) atoms. The van der Waals surface area contributed by atoms with Crippen LogP contribution in [0.25, 0.3) is 5.69 Å². The summed E-state index contributed by atoms with van der Waals surface area (Å²) in [7, 11) is -1.56. The largest absolute Gasteiger partial charge is 0.395 e. The first-order valence-electron chi connectivity index (χ1n) is 9.44. The minimum Gasteiger partial charge on any atom is -0.395 e. The molecule has 156 valence electrons. The molecule has 0 saturated heterocycles. The summed E-state index contributed by atoms with van der Waals surface area (Å²) in [6.07, 6.45) is 2.55. The fourth-order valence-electron chi connectivity index (χ4n) is 2.67. The molecule has 0 bridgehead atoms. The molecular formula is C20H28N4O4Si. The van der Waals surface area contributed by atoms with Crippen LogP contribution in [0.2, 0.25) is 19.6 Å². The van der Waals surface area contributed by atoms with Crippen LogP contribution in [-0.4, -0.2) is 57.6 Å². The Morgan fingerprint density at radius 1 is 1.34 bits per heavy atom. The van der Waals surface area contributed by atoms with Crippen molar-refractivity contribution >= 4 is 14.0 Å². The van der Waals surface area contributed by atoms with Crippen LogP contribution in [0.4, 0.5) is 0 Å². The Labute approximate surface area is 171 Å². The monoisotopic (exact) mass is 416 g/mol. The van der Waals surface area contributed by atoms with Gasteiger partial charge < -0.3 is 20.1 Å². The number of carbonyl (C=O) groups is 1. The first-order valence-corrected chi connectivity index (χ1v) is 12.9. The maximum absolute atomic E-state index is 13.1. The summed E-state index contributed by atoms with van der Waals surface area (Å²) in [5.74, 6) is 2.50. The Bertz CT molecular complexity index is 979. The number of pyridine rings is 1. The van der Waals surface area contributed by atoms with Gasteiger partial charge in [0.1, 0.15) is 19.5 Å². The van der Waals surface area contributed by atoms with Crippen LogP contribution in [0.3, 0.4) is 0 Å². The van der Waals surface area contributed by atoms with Crippen molar-refractivity contribution in [3.63, 3.8) is 0 Å². The smallest absolute Gasteiger partial charge is 0.275 e. The van der Waals surface area contributed by atoms with Gasteiger partial charge in [-0.25, -0.2) is 4.98 Å². The van der Waals surface area contributed by atoms with E-state index in [9.17, 15) is 14.7 Å². The second kappa shape index (κ2) is 9.69. The van der Waals surface area contributed by atoms with Gasteiger partial charge in [-0.05, 0) is 19.1 Å². The third-order valence-corrected chi connectivity index (χ3v) is 4.90. The molecule has 9 heteroatoms. The third kappa shape index (κ3) is 6.42. The number of rotatable bonds is 7. The van der Waals surface area contributed by atoms with E-state index in [2.05, 4.69) is 41.4 Å². The molecule has 0 aliphatic rings. The SMILES string of the molecule is Cc1cn(-c2ccc(C(=O)NCCO)n(C[C@@H](O)CC#C[Si](C)(C)C)c2=O)cn1. The van der Waals surface area contributed by atoms with Crippen molar-refractivity contribution in [2.45, 2.75) is 45.6 Å². The summed E-state index contributed by atoms with van der Waals surface area (Å²) in [4.78, 5) is 29.7. The molecule has 2 aromatic rings. The number of amides is 1. The summed E-state index contributed by atoms with van der Waals surface area (Å²) >= 11 is 0. The Hall–Kier alpha value is -2.67. The average Bonchev–Trinajstić information content (AvgIpc) is 3.06. The van der Waals surface area contributed by atoms with E-state index >= 15 is 0 Å². The number of aliphatic hydroxyl groups is 2. The van der Waals surface area contributed by atoms with Crippen molar-refractivity contribution in [3.8, 4) is 17.2 Å². The summed E-state index contributed by atoms with van der Waals surface area (Å²) < 4.78 is 2.83. The molecule has 0 aliphatic heterocycles. The van der Waals surface area contributed by atoms with Crippen LogP contribution < -0.4 is 10.9 Å². The minimum atomic E-state index is -1.56. The van der Waals surface area contributed by atoms with Crippen molar-refractivity contribution in [3.05, 3.63) is 46.4 Å². The van der Waals surface area contributed by atoms with Crippen molar-refractivity contribution in [2.24, 2.45) is 0 Å². The number of imidazole rings is 1. The van der Waals surface area contributed by atoms with E-state index < -0.39 is 25.6 Å². The van der Waals surface area contributed by atoms with Gasteiger partial charge in [-0.15, -0.1) is 11.5 Å². The molecule has 8 nitrogen and oxygen atoms in total. The maximum atomic E-state index is 13.1. The second-order valence-corrected chi connectivity index (χ2v) is 12.6. The maximum Gasteiger partial charge on any atom is 0.275 e. The van der Waals surface area contributed by atoms with Crippen LogP contribution in [0.1, 0.15) is 22.6 Å². The fraction of sp³-hybridized carbons (Fsp3) is 0.450. The van der Waals surface area contributed by atoms with Crippen molar-refractivity contribution in [2.75, 3.05) is 13.2 Å². The molecule has 0 spiro atoms. The molecule has 1 amide bonds. The van der Waals surface area contributed by atoms with Crippen molar-refractivity contribution < 1.29 is 15.0 Å². The number of carbonyl (C=O) groups excluding carboxylic acids is 1. The highest BCUT2D eigenvalue weighted by Gasteiger charge is 2.18. The highest BCUT2D eigenvalue weighted by molar-refractivity contribution is 6.83. The van der Waals surface area contributed by atoms with E-state index in [1.165, 1.54) is 17.0 Å². The molecule has 0 aromatic carbocycles. The molecule has 1 atom stereocenters. The number of nitrogens with zero attached hydrogens (tertiary/aromatic N) is 3. The van der Waals surface area contributed by atoms with Gasteiger partial charge in [-0.2, -0.15) is 0 Å². The van der Waals surface area contributed by atoms with Crippen LogP contribution >= 0.6 is 0 Å². The lowest BCUT2D eigenvalue weighted by Crippen LogP contribution is -2.37. The minimum absolute atomic E-state index is 0.0669. The van der Waals surface area contributed by atoms with E-state index in [1.807, 2.05) is 6.92 Å². The lowest BCUT2D eigenvalue weighted by atomic mass is 10.2. The Morgan fingerprint density at radius 2 is 2.07 bits per heavy atom. The highest BCUT2D eigenvalue weighted by atomic mass is 28.3. The zero-order valence-electron chi connectivity index (χ0n) is 17.3. The molecule has 0 saturated carbocycles. The Morgan fingerprint density at radius 3 is 2.66 bits per heavy atom. The van der Waals surface area contributed by atoms with Gasteiger partial charge in [0.15, 0.2) is 0 Å². The van der Waals surface area contributed by atoms with Gasteiger partial charge in [-0.3, -0.25) is 14.2 Å². The van der Waals surface area contributed by atoms with Gasteiger partial charge in [0.05, 0.1) is 31.3 Å². The molecule has 0 aliphatic carbocycles. The van der Waals surface area contributed by atoms with E-state index in [-0.39, 0.29) is 31.8 Å². The van der Waals surface area contributed by atoms with Gasteiger partial charge in [0.25, 0.3) is 11.5 Å². The zero-order chi connectivity index (χ0) is 21.6. The van der Waals surface area contributed by atoms with E-state index in [4.69, 9.17) is 5.11 Å². The number of aliphatic hydroxyl groups excluding tert-OH is 2. The van der Waals surface area contributed by atoms with Crippen LogP contribution in [-0.2, 0) is 6.54 Å². The lowest BCUT2D eigenvalue weighted by molar-refractivity contribution is 0.0927. The lowest BCUT2D eigenvalue weighted by Gasteiger charge is -2.17. The molecule has 2 heterocycles. The predicted molar refractivity (Wildman–Crippen MR) is 114 cm³/mol. The van der Waals surface area contributed by atoms with Crippen molar-refractivity contribution in [1.82, 2.24) is 19.4 Å². The van der Waals surface area contributed by atoms with Crippen LogP contribution in [0.15, 0.2) is 29.5 Å². The molecule has 0 fully saturated rings. The predicted octanol–water partition coefficient (Wildman–Crippen LogP) is 0.696. The molecule has 0 radical (unpaired) electrons.